The molecule has 0 spiro atoms. The number of aliphatic hydroxyl groups excluding tert-OH is 1. The normalized spacial score (nSPS) is 14.3. The van der Waals surface area contributed by atoms with Crippen LogP contribution in [0.5, 0.6) is 0 Å². The van der Waals surface area contributed by atoms with Crippen molar-refractivity contribution in [1.82, 2.24) is 20.1 Å². The quantitative estimate of drug-likeness (QED) is 0.268. The molecule has 39 heavy (non-hydrogen) atoms. The van der Waals surface area contributed by atoms with Crippen molar-refractivity contribution in [1.29, 1.82) is 0 Å². The maximum atomic E-state index is 12.9. The van der Waals surface area contributed by atoms with E-state index in [4.69, 9.17) is 4.74 Å². The fourth-order valence-electron chi connectivity index (χ4n) is 4.69. The molecule has 1 aliphatic heterocycles. The van der Waals surface area contributed by atoms with Crippen LogP contribution in [0.25, 0.3) is 11.3 Å². The van der Waals surface area contributed by atoms with Crippen LogP contribution in [0, 0.1) is 0 Å². The molecule has 3 heterocycles. The lowest BCUT2D eigenvalue weighted by molar-refractivity contribution is 0.199. The Balaban J connectivity index is 1.45. The molecule has 0 bridgehead atoms. The van der Waals surface area contributed by atoms with E-state index in [9.17, 15) is 9.90 Å². The van der Waals surface area contributed by atoms with E-state index in [-0.39, 0.29) is 18.2 Å². The van der Waals surface area contributed by atoms with Gasteiger partial charge in [-0.1, -0.05) is 48.5 Å². The van der Waals surface area contributed by atoms with E-state index in [1.165, 1.54) is 4.68 Å². The van der Waals surface area contributed by atoms with Gasteiger partial charge in [0.25, 0.3) is 5.56 Å². The number of ether oxygens (including phenoxy) is 1. The van der Waals surface area contributed by atoms with Crippen LogP contribution in [0.3, 0.4) is 0 Å². The number of aliphatic hydroxyl groups is 1. The lowest BCUT2D eigenvalue weighted by Gasteiger charge is -2.23. The molecule has 2 aromatic carbocycles. The largest absolute Gasteiger partial charge is 0.392 e. The third-order valence-electron chi connectivity index (χ3n) is 6.69. The highest BCUT2D eigenvalue weighted by molar-refractivity contribution is 5.70. The van der Waals surface area contributed by atoms with Gasteiger partial charge in [-0.15, -0.1) is 0 Å². The Morgan fingerprint density at radius 1 is 1.10 bits per heavy atom. The third-order valence-corrected chi connectivity index (χ3v) is 6.69. The number of hydrogen-bond donors (Lipinski definition) is 3. The van der Waals surface area contributed by atoms with Crippen molar-refractivity contribution in [3.05, 3.63) is 105 Å². The second-order valence-corrected chi connectivity index (χ2v) is 9.27. The van der Waals surface area contributed by atoms with Crippen LogP contribution in [-0.2, 0) is 31.5 Å². The molecule has 0 aliphatic carbocycles. The molecule has 1 atom stereocenters. The van der Waals surface area contributed by atoms with E-state index in [0.717, 1.165) is 34.4 Å². The number of nitrogens with zero attached hydrogens (tertiary/aromatic N) is 5. The van der Waals surface area contributed by atoms with E-state index in [0.29, 0.717) is 42.5 Å². The molecule has 200 valence electrons. The molecular weight excluding hydrogens is 494 g/mol. The van der Waals surface area contributed by atoms with Crippen LogP contribution in [0.2, 0.25) is 0 Å². The molecule has 0 radical (unpaired) electrons. The van der Waals surface area contributed by atoms with Gasteiger partial charge in [0.2, 0.25) is 0 Å². The SMILES string of the molecule is COCCNCc1ccc(Nc2cc(-c3cccc(C4N=NCc5ccccc54)c3CO)nn(C)c2=O)nc1. The molecule has 10 nitrogen and oxygen atoms in total. The Morgan fingerprint density at radius 3 is 2.74 bits per heavy atom. The van der Waals surface area contributed by atoms with Gasteiger partial charge in [-0.05, 0) is 39.9 Å². The molecule has 0 saturated heterocycles. The van der Waals surface area contributed by atoms with Gasteiger partial charge in [0, 0.05) is 39.0 Å². The highest BCUT2D eigenvalue weighted by Gasteiger charge is 2.24. The zero-order valence-corrected chi connectivity index (χ0v) is 22.0. The third kappa shape index (κ3) is 5.78. The lowest BCUT2D eigenvalue weighted by Crippen LogP contribution is -2.23. The van der Waals surface area contributed by atoms with Crippen molar-refractivity contribution in [3.8, 4) is 11.3 Å². The summed E-state index contributed by atoms with van der Waals surface area (Å²) in [5, 5.41) is 30.3. The van der Waals surface area contributed by atoms with Crippen LogP contribution >= 0.6 is 0 Å². The summed E-state index contributed by atoms with van der Waals surface area (Å²) in [6.45, 7) is 2.38. The Kier molecular flexibility index (Phi) is 8.16. The van der Waals surface area contributed by atoms with Gasteiger partial charge in [-0.25, -0.2) is 9.67 Å². The Bertz CT molecular complexity index is 1530. The van der Waals surface area contributed by atoms with Crippen LogP contribution < -0.4 is 16.2 Å². The summed E-state index contributed by atoms with van der Waals surface area (Å²) < 4.78 is 6.33. The second-order valence-electron chi connectivity index (χ2n) is 9.27. The van der Waals surface area contributed by atoms with Gasteiger partial charge < -0.3 is 20.5 Å². The first-order valence-corrected chi connectivity index (χ1v) is 12.8. The zero-order chi connectivity index (χ0) is 27.2. The van der Waals surface area contributed by atoms with Crippen molar-refractivity contribution in [2.45, 2.75) is 25.7 Å². The smallest absolute Gasteiger partial charge is 0.290 e. The fraction of sp³-hybridized carbons (Fsp3) is 0.276. The second kappa shape index (κ2) is 12.1. The molecule has 1 unspecified atom stereocenters. The summed E-state index contributed by atoms with van der Waals surface area (Å²) in [6.07, 6.45) is 1.76. The molecule has 3 N–H and O–H groups in total. The number of azo groups is 1. The van der Waals surface area contributed by atoms with Crippen LogP contribution in [0.15, 0.2) is 81.9 Å². The summed E-state index contributed by atoms with van der Waals surface area (Å²) in [5.74, 6) is 0.542. The van der Waals surface area contributed by atoms with Crippen LogP contribution in [0.1, 0.15) is 33.9 Å². The first-order chi connectivity index (χ1) is 19.1. The number of hydrogen-bond acceptors (Lipinski definition) is 9. The lowest BCUT2D eigenvalue weighted by atomic mass is 9.88. The Labute approximate surface area is 226 Å². The van der Waals surface area contributed by atoms with Crippen LogP contribution in [0.4, 0.5) is 11.5 Å². The summed E-state index contributed by atoms with van der Waals surface area (Å²) in [5.41, 5.74) is 6.06. The van der Waals surface area contributed by atoms with E-state index < -0.39 is 0 Å². The van der Waals surface area contributed by atoms with Gasteiger partial charge in [0.1, 0.15) is 17.5 Å². The van der Waals surface area contributed by atoms with Gasteiger partial charge in [-0.3, -0.25) is 4.79 Å². The Hall–Kier alpha value is -4.25. The predicted molar refractivity (Wildman–Crippen MR) is 149 cm³/mol. The average molecular weight is 526 g/mol. The number of rotatable bonds is 10. The molecule has 0 saturated carbocycles. The minimum absolute atomic E-state index is 0.214. The maximum Gasteiger partial charge on any atom is 0.290 e. The number of methoxy groups -OCH3 is 1. The van der Waals surface area contributed by atoms with Crippen molar-refractivity contribution in [2.24, 2.45) is 17.3 Å². The van der Waals surface area contributed by atoms with Crippen LogP contribution in [-0.4, -0.2) is 40.1 Å². The van der Waals surface area contributed by atoms with Gasteiger partial charge in [0.15, 0.2) is 0 Å². The van der Waals surface area contributed by atoms with Crippen molar-refractivity contribution >= 4 is 11.5 Å². The topological polar surface area (TPSA) is 126 Å². The summed E-state index contributed by atoms with van der Waals surface area (Å²) in [7, 11) is 3.27. The fourth-order valence-corrected chi connectivity index (χ4v) is 4.69. The number of aryl methyl sites for hydroxylation is 1. The molecular formula is C29H31N7O3. The predicted octanol–water partition coefficient (Wildman–Crippen LogP) is 3.87. The monoisotopic (exact) mass is 525 g/mol. The highest BCUT2D eigenvalue weighted by atomic mass is 16.5. The average Bonchev–Trinajstić information content (AvgIpc) is 2.97. The standard InChI is InChI=1S/C29H31N7O3/c1-36-29(38)26(33-27-11-10-19(16-31-27)15-30-12-13-39-2)14-25(35-36)22-8-5-9-23(24(22)18-37)28-21-7-4-3-6-20(21)17-32-34-28/h3-11,14,16,28,30,37H,12-13,15,17-18H2,1-2H3,(H,31,33). The number of pyridine rings is 1. The molecule has 2 aromatic heterocycles. The van der Waals surface area contributed by atoms with E-state index in [1.807, 2.05) is 54.6 Å². The van der Waals surface area contributed by atoms with Crippen molar-refractivity contribution in [3.63, 3.8) is 0 Å². The summed E-state index contributed by atoms with van der Waals surface area (Å²) >= 11 is 0. The maximum absolute atomic E-state index is 12.9. The zero-order valence-electron chi connectivity index (χ0n) is 22.0. The first-order valence-electron chi connectivity index (χ1n) is 12.8. The molecule has 0 fully saturated rings. The van der Waals surface area contributed by atoms with E-state index in [1.54, 1.807) is 26.4 Å². The van der Waals surface area contributed by atoms with Crippen molar-refractivity contribution < 1.29 is 9.84 Å². The first kappa shape index (κ1) is 26.4. The summed E-state index contributed by atoms with van der Waals surface area (Å²) in [4.78, 5) is 17.4. The Morgan fingerprint density at radius 2 is 1.95 bits per heavy atom. The highest BCUT2D eigenvalue weighted by Crippen LogP contribution is 2.37. The minimum Gasteiger partial charge on any atom is -0.392 e. The number of fused-ring (bicyclic) bond motifs is 1. The summed E-state index contributed by atoms with van der Waals surface area (Å²) in [6, 6.07) is 19.0. The van der Waals surface area contributed by atoms with E-state index in [2.05, 4.69) is 30.9 Å². The van der Waals surface area contributed by atoms with Gasteiger partial charge >= 0.3 is 0 Å². The molecule has 1 aliphatic rings. The minimum atomic E-state index is -0.325. The van der Waals surface area contributed by atoms with E-state index >= 15 is 0 Å². The van der Waals surface area contributed by atoms with Gasteiger partial charge in [0.05, 0.1) is 25.5 Å². The number of benzene rings is 2. The molecule has 0 amide bonds. The molecule has 5 rings (SSSR count). The molecule has 10 heteroatoms. The number of aromatic nitrogens is 3. The number of nitrogens with one attached hydrogen (secondary N) is 2. The van der Waals surface area contributed by atoms with Gasteiger partial charge in [-0.2, -0.15) is 15.3 Å². The van der Waals surface area contributed by atoms with Crippen molar-refractivity contribution in [2.75, 3.05) is 25.6 Å². The molecule has 4 aromatic rings. The number of anilines is 2.